The Morgan fingerprint density at radius 1 is 1.27 bits per heavy atom. The molecule has 1 amide bonds. The van der Waals surface area contributed by atoms with Gasteiger partial charge in [-0.25, -0.2) is 0 Å². The number of aryl methyl sites for hydroxylation is 1. The third kappa shape index (κ3) is 2.99. The first-order valence-electron chi connectivity index (χ1n) is 8.69. The van der Waals surface area contributed by atoms with E-state index in [9.17, 15) is 9.90 Å². The van der Waals surface area contributed by atoms with Crippen LogP contribution < -0.4 is 5.73 Å². The molecule has 1 atom stereocenters. The van der Waals surface area contributed by atoms with Crippen molar-refractivity contribution in [1.82, 2.24) is 9.78 Å². The predicted molar refractivity (Wildman–Crippen MR) is 103 cm³/mol. The average Bonchev–Trinajstić information content (AvgIpc) is 2.91. The summed E-state index contributed by atoms with van der Waals surface area (Å²) in [5, 5.41) is 16.6. The number of aromatic nitrogens is 2. The molecule has 0 fully saturated rings. The van der Waals surface area contributed by atoms with Crippen LogP contribution in [0.4, 0.5) is 0 Å². The molecule has 5 nitrogen and oxygen atoms in total. The predicted octanol–water partition coefficient (Wildman–Crippen LogP) is 3.36. The standard InChI is InChI=1S/C21H25N3O2/c1-12(18-11-23-24(5)13(18)2)19-16-9-7-15(21(3,4)26)10-14(16)6-8-17(19)20(22)25/h6-12,26H,1-5H3,(H2,22,25). The first-order valence-corrected chi connectivity index (χ1v) is 8.69. The zero-order valence-electron chi connectivity index (χ0n) is 15.9. The molecule has 0 saturated heterocycles. The van der Waals surface area contributed by atoms with Gasteiger partial charge in [0.05, 0.1) is 11.8 Å². The highest BCUT2D eigenvalue weighted by Crippen LogP contribution is 2.36. The van der Waals surface area contributed by atoms with Crippen molar-refractivity contribution < 1.29 is 9.90 Å². The van der Waals surface area contributed by atoms with Gasteiger partial charge >= 0.3 is 0 Å². The van der Waals surface area contributed by atoms with Crippen molar-refractivity contribution in [3.63, 3.8) is 0 Å². The Hall–Kier alpha value is -2.66. The summed E-state index contributed by atoms with van der Waals surface area (Å²) < 4.78 is 1.83. The summed E-state index contributed by atoms with van der Waals surface area (Å²) in [5.41, 5.74) is 9.09. The third-order valence-corrected chi connectivity index (χ3v) is 5.21. The van der Waals surface area contributed by atoms with Gasteiger partial charge in [0.2, 0.25) is 5.91 Å². The van der Waals surface area contributed by atoms with E-state index >= 15 is 0 Å². The molecule has 136 valence electrons. The normalized spacial score (nSPS) is 13.2. The number of carbonyl (C=O) groups excluding carboxylic acids is 1. The largest absolute Gasteiger partial charge is 0.386 e. The number of nitrogens with zero attached hydrogens (tertiary/aromatic N) is 2. The molecular formula is C21H25N3O2. The van der Waals surface area contributed by atoms with Crippen LogP contribution in [0.15, 0.2) is 36.5 Å². The lowest BCUT2D eigenvalue weighted by molar-refractivity contribution is 0.0787. The molecule has 1 unspecified atom stereocenters. The van der Waals surface area contributed by atoms with Crippen LogP contribution in [0, 0.1) is 6.92 Å². The Balaban J connectivity index is 2.28. The smallest absolute Gasteiger partial charge is 0.249 e. The maximum atomic E-state index is 12.1. The maximum absolute atomic E-state index is 12.1. The van der Waals surface area contributed by atoms with Crippen molar-refractivity contribution in [3.05, 3.63) is 64.5 Å². The van der Waals surface area contributed by atoms with Gasteiger partial charge in [0.15, 0.2) is 0 Å². The molecule has 0 aliphatic carbocycles. The Labute approximate surface area is 153 Å². The Morgan fingerprint density at radius 3 is 2.50 bits per heavy atom. The molecule has 0 radical (unpaired) electrons. The number of benzene rings is 2. The molecule has 0 bridgehead atoms. The van der Waals surface area contributed by atoms with Crippen LogP contribution in [0.5, 0.6) is 0 Å². The minimum absolute atomic E-state index is 0.0390. The van der Waals surface area contributed by atoms with E-state index in [1.54, 1.807) is 19.9 Å². The third-order valence-electron chi connectivity index (χ3n) is 5.21. The van der Waals surface area contributed by atoms with Crippen molar-refractivity contribution in [1.29, 1.82) is 0 Å². The van der Waals surface area contributed by atoms with Gasteiger partial charge in [-0.15, -0.1) is 0 Å². The molecule has 0 aliphatic rings. The fraction of sp³-hybridized carbons (Fsp3) is 0.333. The van der Waals surface area contributed by atoms with Crippen LogP contribution >= 0.6 is 0 Å². The monoisotopic (exact) mass is 351 g/mol. The summed E-state index contributed by atoms with van der Waals surface area (Å²) in [6, 6.07) is 9.49. The van der Waals surface area contributed by atoms with Crippen LogP contribution in [-0.4, -0.2) is 20.8 Å². The molecule has 3 rings (SSSR count). The number of rotatable bonds is 4. The van der Waals surface area contributed by atoms with Crippen LogP contribution in [0.2, 0.25) is 0 Å². The Morgan fingerprint density at radius 2 is 1.96 bits per heavy atom. The highest BCUT2D eigenvalue weighted by molar-refractivity contribution is 6.01. The van der Waals surface area contributed by atoms with Gasteiger partial charge in [0, 0.05) is 29.8 Å². The second-order valence-corrected chi connectivity index (χ2v) is 7.42. The topological polar surface area (TPSA) is 81.1 Å². The molecule has 1 aromatic heterocycles. The van der Waals surface area contributed by atoms with E-state index in [2.05, 4.69) is 12.0 Å². The summed E-state index contributed by atoms with van der Waals surface area (Å²) in [6.07, 6.45) is 1.84. The van der Waals surface area contributed by atoms with E-state index in [0.29, 0.717) is 5.56 Å². The zero-order chi connectivity index (χ0) is 19.2. The summed E-state index contributed by atoms with van der Waals surface area (Å²) in [6.45, 7) is 7.60. The first kappa shape index (κ1) is 18.1. The highest BCUT2D eigenvalue weighted by Gasteiger charge is 2.23. The van der Waals surface area contributed by atoms with Crippen LogP contribution in [-0.2, 0) is 12.6 Å². The Bertz CT molecular complexity index is 996. The summed E-state index contributed by atoms with van der Waals surface area (Å²) in [5.74, 6) is -0.482. The fourth-order valence-corrected chi connectivity index (χ4v) is 3.51. The molecule has 0 saturated carbocycles. The van der Waals surface area contributed by atoms with Gasteiger partial charge in [0.25, 0.3) is 0 Å². The van der Waals surface area contributed by atoms with Crippen molar-refractivity contribution in [2.45, 2.75) is 39.2 Å². The van der Waals surface area contributed by atoms with E-state index < -0.39 is 11.5 Å². The lowest BCUT2D eigenvalue weighted by Crippen LogP contribution is -2.17. The van der Waals surface area contributed by atoms with Gasteiger partial charge in [-0.1, -0.05) is 25.1 Å². The molecule has 3 N–H and O–H groups in total. The van der Waals surface area contributed by atoms with Gasteiger partial charge in [0.1, 0.15) is 0 Å². The molecule has 26 heavy (non-hydrogen) atoms. The van der Waals surface area contributed by atoms with Gasteiger partial charge < -0.3 is 10.8 Å². The van der Waals surface area contributed by atoms with E-state index in [4.69, 9.17) is 5.73 Å². The van der Waals surface area contributed by atoms with Gasteiger partial charge in [-0.2, -0.15) is 5.10 Å². The van der Waals surface area contributed by atoms with Crippen molar-refractivity contribution >= 4 is 16.7 Å². The first-order chi connectivity index (χ1) is 12.1. The van der Waals surface area contributed by atoms with E-state index in [-0.39, 0.29) is 5.92 Å². The SMILES string of the molecule is Cc1c(C(C)c2c(C(N)=O)ccc3cc(C(C)(C)O)ccc23)cnn1C. The number of nitrogens with two attached hydrogens (primary N) is 1. The molecule has 3 aromatic rings. The fourth-order valence-electron chi connectivity index (χ4n) is 3.51. The molecule has 1 heterocycles. The Kier molecular flexibility index (Phi) is 4.36. The molecule has 0 spiro atoms. The zero-order valence-corrected chi connectivity index (χ0v) is 15.9. The summed E-state index contributed by atoms with van der Waals surface area (Å²) >= 11 is 0. The lowest BCUT2D eigenvalue weighted by atomic mass is 9.84. The number of fused-ring (bicyclic) bond motifs is 1. The highest BCUT2D eigenvalue weighted by atomic mass is 16.3. The molecular weight excluding hydrogens is 326 g/mol. The van der Waals surface area contributed by atoms with Crippen LogP contribution in [0.3, 0.4) is 0 Å². The number of amides is 1. The minimum Gasteiger partial charge on any atom is -0.386 e. The van der Waals surface area contributed by atoms with E-state index in [1.807, 2.05) is 49.1 Å². The second kappa shape index (κ2) is 6.25. The number of primary amides is 1. The van der Waals surface area contributed by atoms with Crippen molar-refractivity contribution in [3.8, 4) is 0 Å². The van der Waals surface area contributed by atoms with Crippen molar-refractivity contribution in [2.75, 3.05) is 0 Å². The molecule has 0 aliphatic heterocycles. The maximum Gasteiger partial charge on any atom is 0.249 e. The lowest BCUT2D eigenvalue weighted by Gasteiger charge is -2.21. The van der Waals surface area contributed by atoms with Crippen molar-refractivity contribution in [2.24, 2.45) is 12.8 Å². The van der Waals surface area contributed by atoms with Crippen LogP contribution in [0.25, 0.3) is 10.8 Å². The van der Waals surface area contributed by atoms with Gasteiger partial charge in [-0.05, 0) is 54.8 Å². The van der Waals surface area contributed by atoms with E-state index in [1.165, 1.54) is 0 Å². The minimum atomic E-state index is -0.928. The number of carbonyl (C=O) groups is 1. The van der Waals surface area contributed by atoms with E-state index in [0.717, 1.165) is 33.2 Å². The number of hydrogen-bond acceptors (Lipinski definition) is 3. The molecule has 2 aromatic carbocycles. The number of hydrogen-bond donors (Lipinski definition) is 2. The average molecular weight is 351 g/mol. The summed E-state index contributed by atoms with van der Waals surface area (Å²) in [4.78, 5) is 12.1. The summed E-state index contributed by atoms with van der Waals surface area (Å²) in [7, 11) is 1.90. The molecule has 5 heteroatoms. The van der Waals surface area contributed by atoms with Gasteiger partial charge in [-0.3, -0.25) is 9.48 Å². The van der Waals surface area contributed by atoms with Crippen LogP contribution in [0.1, 0.15) is 59.4 Å². The quantitative estimate of drug-likeness (QED) is 0.756. The second-order valence-electron chi connectivity index (χ2n) is 7.42. The number of aliphatic hydroxyl groups is 1.